The van der Waals surface area contributed by atoms with E-state index in [1.807, 2.05) is 0 Å². The van der Waals surface area contributed by atoms with E-state index in [-0.39, 0.29) is 18.4 Å². The van der Waals surface area contributed by atoms with Crippen LogP contribution in [0.25, 0.3) is 0 Å². The maximum Gasteiger partial charge on any atom is 0.330 e. The van der Waals surface area contributed by atoms with Gasteiger partial charge in [-0.15, -0.1) is 0 Å². The van der Waals surface area contributed by atoms with Crippen LogP contribution in [0.15, 0.2) is 12.2 Å². The summed E-state index contributed by atoms with van der Waals surface area (Å²) in [7, 11) is 0. The first-order chi connectivity index (χ1) is 10.3. The van der Waals surface area contributed by atoms with Gasteiger partial charge in [0, 0.05) is 18.4 Å². The topological polar surface area (TPSA) is 112 Å². The van der Waals surface area contributed by atoms with Gasteiger partial charge < -0.3 is 15.3 Å². The molecule has 0 aromatic heterocycles. The van der Waals surface area contributed by atoms with Crippen molar-refractivity contribution in [3.8, 4) is 0 Å². The molecule has 6 nitrogen and oxygen atoms in total. The molecule has 0 spiro atoms. The fourth-order valence-corrected chi connectivity index (χ4v) is 1.61. The number of carbonyl (C=O) groups is 3. The third-order valence-electron chi connectivity index (χ3n) is 2.90. The van der Waals surface area contributed by atoms with Gasteiger partial charge in [0.1, 0.15) is 0 Å². The number of hydrogen-bond acceptors (Lipinski definition) is 3. The second kappa shape index (κ2) is 15.5. The Balaban J connectivity index is 0. The van der Waals surface area contributed by atoms with Crippen LogP contribution in [-0.2, 0) is 14.4 Å². The third kappa shape index (κ3) is 23.3. The molecule has 0 heterocycles. The summed E-state index contributed by atoms with van der Waals surface area (Å²) in [6.45, 7) is 4.60. The van der Waals surface area contributed by atoms with Crippen LogP contribution in [0.3, 0.4) is 0 Å². The van der Waals surface area contributed by atoms with Crippen LogP contribution in [0, 0.1) is 0 Å². The highest BCUT2D eigenvalue weighted by Crippen LogP contribution is 2.10. The van der Waals surface area contributed by atoms with E-state index in [1.165, 1.54) is 6.92 Å². The summed E-state index contributed by atoms with van der Waals surface area (Å²) in [6.07, 6.45) is 8.51. The lowest BCUT2D eigenvalue weighted by Crippen LogP contribution is -1.94. The molecule has 0 radical (unpaired) electrons. The maximum absolute atomic E-state index is 10.2. The monoisotopic (exact) mass is 316 g/mol. The van der Waals surface area contributed by atoms with Gasteiger partial charge in [-0.2, -0.15) is 0 Å². The average molecular weight is 316 g/mol. The number of unbranched alkanes of at least 4 members (excludes halogenated alkanes) is 7. The first-order valence-corrected chi connectivity index (χ1v) is 7.59. The molecule has 0 aromatic rings. The van der Waals surface area contributed by atoms with Gasteiger partial charge in [0.15, 0.2) is 0 Å². The highest BCUT2D eigenvalue weighted by Gasteiger charge is 1.98. The van der Waals surface area contributed by atoms with Crippen LogP contribution in [0.1, 0.15) is 71.1 Å². The Bertz CT molecular complexity index is 315. The summed E-state index contributed by atoms with van der Waals surface area (Å²) in [6, 6.07) is 0. The molecule has 0 saturated heterocycles. The number of carboxylic acid groups (broad SMARTS) is 3. The third-order valence-corrected chi connectivity index (χ3v) is 2.90. The summed E-state index contributed by atoms with van der Waals surface area (Å²) in [5.41, 5.74) is 0.176. The summed E-state index contributed by atoms with van der Waals surface area (Å²) in [4.78, 5) is 30.0. The fraction of sp³-hybridized carbons (Fsp3) is 0.688. The second-order valence-electron chi connectivity index (χ2n) is 5.20. The van der Waals surface area contributed by atoms with E-state index >= 15 is 0 Å². The van der Waals surface area contributed by atoms with Crippen LogP contribution in [-0.4, -0.2) is 33.2 Å². The minimum absolute atomic E-state index is 0.176. The van der Waals surface area contributed by atoms with Gasteiger partial charge in [0.05, 0.1) is 0 Å². The lowest BCUT2D eigenvalue weighted by molar-refractivity contribution is -0.138. The zero-order valence-electron chi connectivity index (χ0n) is 13.3. The highest BCUT2D eigenvalue weighted by molar-refractivity contribution is 5.84. The molecule has 3 N–H and O–H groups in total. The van der Waals surface area contributed by atoms with Gasteiger partial charge in [-0.1, -0.05) is 45.1 Å². The standard InChI is InChI=1S/C12H22O4.C4H6O2/c13-11(14)9-7-5-3-1-2-4-6-8-10-12(15)16;1-3(2)4(5)6/h1-10H2,(H,13,14)(H,15,16);1H2,2H3,(H,5,6). The summed E-state index contributed by atoms with van der Waals surface area (Å²) < 4.78 is 0. The Hall–Kier alpha value is -1.85. The first kappa shape index (κ1) is 22.4. The van der Waals surface area contributed by atoms with Crippen molar-refractivity contribution in [1.29, 1.82) is 0 Å². The van der Waals surface area contributed by atoms with Crippen molar-refractivity contribution >= 4 is 17.9 Å². The Morgan fingerprint density at radius 1 is 0.682 bits per heavy atom. The predicted octanol–water partition coefficient (Wildman–Crippen LogP) is 3.70. The fourth-order valence-electron chi connectivity index (χ4n) is 1.61. The first-order valence-electron chi connectivity index (χ1n) is 7.59. The van der Waals surface area contributed by atoms with E-state index in [1.54, 1.807) is 0 Å². The number of aliphatic carboxylic acids is 3. The van der Waals surface area contributed by atoms with E-state index in [9.17, 15) is 14.4 Å². The van der Waals surface area contributed by atoms with Gasteiger partial charge in [-0.25, -0.2) is 4.79 Å². The lowest BCUT2D eigenvalue weighted by Gasteiger charge is -2.00. The van der Waals surface area contributed by atoms with Crippen LogP contribution in [0.4, 0.5) is 0 Å². The van der Waals surface area contributed by atoms with Crippen LogP contribution < -0.4 is 0 Å². The molecule has 0 aliphatic rings. The van der Waals surface area contributed by atoms with Gasteiger partial charge >= 0.3 is 17.9 Å². The number of rotatable bonds is 12. The van der Waals surface area contributed by atoms with Crippen LogP contribution in [0.5, 0.6) is 0 Å². The summed E-state index contributed by atoms with van der Waals surface area (Å²) >= 11 is 0. The molecule has 0 rings (SSSR count). The molecule has 0 aliphatic carbocycles. The molecule has 0 saturated carbocycles. The molecule has 0 aliphatic heterocycles. The minimum Gasteiger partial charge on any atom is -0.481 e. The molecule has 0 atom stereocenters. The molecular formula is C16H28O6. The van der Waals surface area contributed by atoms with Crippen molar-refractivity contribution in [3.05, 3.63) is 12.2 Å². The van der Waals surface area contributed by atoms with E-state index in [4.69, 9.17) is 15.3 Å². The molecule has 0 amide bonds. The number of hydrogen-bond donors (Lipinski definition) is 3. The smallest absolute Gasteiger partial charge is 0.330 e. The van der Waals surface area contributed by atoms with Crippen molar-refractivity contribution in [2.75, 3.05) is 0 Å². The second-order valence-corrected chi connectivity index (χ2v) is 5.20. The molecular weight excluding hydrogens is 288 g/mol. The Morgan fingerprint density at radius 2 is 0.909 bits per heavy atom. The normalized spacial score (nSPS) is 9.50. The van der Waals surface area contributed by atoms with Gasteiger partial charge in [-0.3, -0.25) is 9.59 Å². The van der Waals surface area contributed by atoms with E-state index in [2.05, 4.69) is 6.58 Å². The van der Waals surface area contributed by atoms with Crippen LogP contribution >= 0.6 is 0 Å². The van der Waals surface area contributed by atoms with Crippen molar-refractivity contribution in [3.63, 3.8) is 0 Å². The predicted molar refractivity (Wildman–Crippen MR) is 83.9 cm³/mol. The molecule has 128 valence electrons. The zero-order valence-corrected chi connectivity index (χ0v) is 13.3. The molecule has 0 unspecified atom stereocenters. The average Bonchev–Trinajstić information content (AvgIpc) is 2.40. The Morgan fingerprint density at radius 3 is 1.09 bits per heavy atom. The zero-order chi connectivity index (χ0) is 17.4. The van der Waals surface area contributed by atoms with Crippen molar-refractivity contribution in [2.24, 2.45) is 0 Å². The van der Waals surface area contributed by atoms with Crippen molar-refractivity contribution in [1.82, 2.24) is 0 Å². The quantitative estimate of drug-likeness (QED) is 0.374. The minimum atomic E-state index is -0.935. The number of carboxylic acids is 3. The Labute approximate surface area is 131 Å². The summed E-state index contributed by atoms with van der Waals surface area (Å²) in [5, 5.41) is 24.7. The largest absolute Gasteiger partial charge is 0.481 e. The SMILES string of the molecule is C=C(C)C(=O)O.O=C(O)CCCCCCCCCCC(=O)O. The van der Waals surface area contributed by atoms with E-state index < -0.39 is 17.9 Å². The highest BCUT2D eigenvalue weighted by atomic mass is 16.4. The van der Waals surface area contributed by atoms with Gasteiger partial charge in [0.25, 0.3) is 0 Å². The van der Waals surface area contributed by atoms with E-state index in [0.29, 0.717) is 0 Å². The Kier molecular flexibility index (Phi) is 15.8. The van der Waals surface area contributed by atoms with Crippen LogP contribution in [0.2, 0.25) is 0 Å². The molecule has 22 heavy (non-hydrogen) atoms. The maximum atomic E-state index is 10.2. The van der Waals surface area contributed by atoms with Crippen molar-refractivity contribution < 1.29 is 29.7 Å². The molecule has 6 heteroatoms. The molecule has 0 aromatic carbocycles. The van der Waals surface area contributed by atoms with Gasteiger partial charge in [-0.05, 0) is 19.8 Å². The molecule has 0 bridgehead atoms. The summed E-state index contributed by atoms with van der Waals surface area (Å²) in [5.74, 6) is -2.36. The van der Waals surface area contributed by atoms with E-state index in [0.717, 1.165) is 51.4 Å². The lowest BCUT2D eigenvalue weighted by atomic mass is 10.1. The van der Waals surface area contributed by atoms with Gasteiger partial charge in [0.2, 0.25) is 0 Å². The van der Waals surface area contributed by atoms with Crippen molar-refractivity contribution in [2.45, 2.75) is 71.1 Å². The molecule has 0 fully saturated rings.